The monoisotopic (exact) mass is 376 g/mol. The molecule has 28 heavy (non-hydrogen) atoms. The fraction of sp³-hybridized carbons (Fsp3) is 0.286. The van der Waals surface area contributed by atoms with Crippen molar-refractivity contribution in [3.8, 4) is 17.0 Å². The van der Waals surface area contributed by atoms with Crippen LogP contribution in [-0.4, -0.2) is 30.9 Å². The van der Waals surface area contributed by atoms with Crippen LogP contribution in [0.25, 0.3) is 17.0 Å². The molecule has 4 aromatic rings. The summed E-state index contributed by atoms with van der Waals surface area (Å²) in [5.41, 5.74) is 3.89. The topological polar surface area (TPSA) is 80.1 Å². The molecule has 7 nitrogen and oxygen atoms in total. The molecule has 0 spiro atoms. The van der Waals surface area contributed by atoms with Crippen LogP contribution in [0.2, 0.25) is 0 Å². The van der Waals surface area contributed by atoms with E-state index in [0.717, 1.165) is 53.7 Å². The van der Waals surface area contributed by atoms with Gasteiger partial charge >= 0.3 is 0 Å². The molecule has 0 aliphatic rings. The maximum Gasteiger partial charge on any atom is 0.235 e. The smallest absolute Gasteiger partial charge is 0.235 e. The summed E-state index contributed by atoms with van der Waals surface area (Å²) >= 11 is 0. The summed E-state index contributed by atoms with van der Waals surface area (Å²) in [5.74, 6) is 2.42. The molecule has 0 saturated heterocycles. The van der Waals surface area contributed by atoms with E-state index in [-0.39, 0.29) is 0 Å². The molecule has 0 unspecified atom stereocenters. The van der Waals surface area contributed by atoms with E-state index in [1.54, 1.807) is 12.5 Å². The summed E-state index contributed by atoms with van der Waals surface area (Å²) in [6.07, 6.45) is 7.59. The number of ether oxygens (including phenoxy) is 1. The number of H-pyrrole nitrogens is 1. The molecule has 3 aromatic heterocycles. The van der Waals surface area contributed by atoms with Gasteiger partial charge < -0.3 is 15.0 Å². The van der Waals surface area contributed by atoms with Gasteiger partial charge in [0.25, 0.3) is 0 Å². The Morgan fingerprint density at radius 3 is 2.79 bits per heavy atom. The average molecular weight is 376 g/mol. The largest absolute Gasteiger partial charge is 0.494 e. The van der Waals surface area contributed by atoms with E-state index in [0.29, 0.717) is 12.3 Å². The lowest BCUT2D eigenvalue weighted by atomic mass is 10.1. The Morgan fingerprint density at radius 2 is 2.04 bits per heavy atom. The summed E-state index contributed by atoms with van der Waals surface area (Å²) in [5, 5.41) is 3.48. The number of unbranched alkanes of at least 4 members (excludes halogenated alkanes) is 1. The lowest BCUT2D eigenvalue weighted by Crippen LogP contribution is -2.05. The summed E-state index contributed by atoms with van der Waals surface area (Å²) in [4.78, 5) is 16.6. The number of nitrogens with one attached hydrogen (secondary N) is 2. The van der Waals surface area contributed by atoms with Crippen LogP contribution in [0.1, 0.15) is 31.2 Å². The standard InChI is InChI=1S/C21H24N6O/c1-3-4-12-28-17-8-6-16(7-9-17)19-20(23-13-18-15(2)24-14-25-18)27-11-5-10-22-21(27)26-19/h5-11,14,23H,3-4,12-13H2,1-2H3,(H,24,25). The van der Waals surface area contributed by atoms with Crippen LogP contribution in [0.15, 0.2) is 49.1 Å². The first-order valence-electron chi connectivity index (χ1n) is 9.55. The highest BCUT2D eigenvalue weighted by Gasteiger charge is 2.15. The minimum Gasteiger partial charge on any atom is -0.494 e. The maximum atomic E-state index is 5.77. The zero-order valence-electron chi connectivity index (χ0n) is 16.1. The number of aromatic amines is 1. The molecule has 144 valence electrons. The molecular weight excluding hydrogens is 352 g/mol. The zero-order chi connectivity index (χ0) is 19.3. The number of benzene rings is 1. The van der Waals surface area contributed by atoms with Crippen LogP contribution >= 0.6 is 0 Å². The van der Waals surface area contributed by atoms with E-state index in [4.69, 9.17) is 9.72 Å². The average Bonchev–Trinajstić information content (AvgIpc) is 3.30. The number of nitrogens with zero attached hydrogens (tertiary/aromatic N) is 4. The molecule has 0 amide bonds. The third-order valence-corrected chi connectivity index (χ3v) is 4.66. The fourth-order valence-electron chi connectivity index (χ4n) is 3.03. The highest BCUT2D eigenvalue weighted by atomic mass is 16.5. The lowest BCUT2D eigenvalue weighted by molar-refractivity contribution is 0.309. The predicted octanol–water partition coefficient (Wildman–Crippen LogP) is 4.22. The van der Waals surface area contributed by atoms with Gasteiger partial charge in [-0.2, -0.15) is 0 Å². The highest BCUT2D eigenvalue weighted by Crippen LogP contribution is 2.30. The molecule has 7 heteroatoms. The summed E-state index contributed by atoms with van der Waals surface area (Å²) in [7, 11) is 0. The summed E-state index contributed by atoms with van der Waals surface area (Å²) in [6.45, 7) is 5.51. The first kappa shape index (κ1) is 18.0. The van der Waals surface area contributed by atoms with Gasteiger partial charge in [-0.1, -0.05) is 13.3 Å². The van der Waals surface area contributed by atoms with Gasteiger partial charge in [0.1, 0.15) is 17.3 Å². The molecule has 0 radical (unpaired) electrons. The third kappa shape index (κ3) is 3.69. The molecule has 0 aliphatic carbocycles. The summed E-state index contributed by atoms with van der Waals surface area (Å²) < 4.78 is 7.73. The zero-order valence-corrected chi connectivity index (χ0v) is 16.1. The Labute approximate surface area is 163 Å². The molecule has 2 N–H and O–H groups in total. The second kappa shape index (κ2) is 8.12. The number of fused-ring (bicyclic) bond motifs is 1. The number of aromatic nitrogens is 5. The van der Waals surface area contributed by atoms with Gasteiger partial charge in [0.05, 0.1) is 25.2 Å². The number of hydrogen-bond acceptors (Lipinski definition) is 5. The van der Waals surface area contributed by atoms with Gasteiger partial charge in [0.2, 0.25) is 5.78 Å². The number of rotatable bonds is 8. The molecule has 3 heterocycles. The molecular formula is C21H24N6O. The quantitative estimate of drug-likeness (QED) is 0.450. The highest BCUT2D eigenvalue weighted by molar-refractivity contribution is 5.75. The van der Waals surface area contributed by atoms with Crippen molar-refractivity contribution in [2.75, 3.05) is 11.9 Å². The van der Waals surface area contributed by atoms with Crippen LogP contribution in [0, 0.1) is 6.92 Å². The Morgan fingerprint density at radius 1 is 1.18 bits per heavy atom. The minimum atomic E-state index is 0.600. The molecule has 0 aliphatic heterocycles. The second-order valence-electron chi connectivity index (χ2n) is 6.65. The first-order valence-corrected chi connectivity index (χ1v) is 9.55. The van der Waals surface area contributed by atoms with Gasteiger partial charge in [-0.3, -0.25) is 4.40 Å². The normalized spacial score (nSPS) is 11.1. The molecule has 0 bridgehead atoms. The van der Waals surface area contributed by atoms with Gasteiger partial charge in [-0.25, -0.2) is 15.0 Å². The Balaban J connectivity index is 1.63. The van der Waals surface area contributed by atoms with Crippen LogP contribution < -0.4 is 10.1 Å². The van der Waals surface area contributed by atoms with Crippen LogP contribution in [-0.2, 0) is 6.54 Å². The first-order chi connectivity index (χ1) is 13.8. The predicted molar refractivity (Wildman–Crippen MR) is 109 cm³/mol. The van der Waals surface area contributed by atoms with E-state index >= 15 is 0 Å². The maximum absolute atomic E-state index is 5.77. The van der Waals surface area contributed by atoms with Crippen molar-refractivity contribution in [2.24, 2.45) is 0 Å². The van der Waals surface area contributed by atoms with Gasteiger partial charge in [0, 0.05) is 23.7 Å². The van der Waals surface area contributed by atoms with E-state index in [1.165, 1.54) is 0 Å². The SMILES string of the molecule is CCCCOc1ccc(-c2nc3ncccn3c2NCc2nc[nH]c2C)cc1. The van der Waals surface area contributed by atoms with E-state index in [1.807, 2.05) is 47.9 Å². The summed E-state index contributed by atoms with van der Waals surface area (Å²) in [6, 6.07) is 9.95. The van der Waals surface area contributed by atoms with Crippen LogP contribution in [0.5, 0.6) is 5.75 Å². The Bertz CT molecular complexity index is 1050. The van der Waals surface area contributed by atoms with Gasteiger partial charge in [-0.05, 0) is 43.7 Å². The lowest BCUT2D eigenvalue weighted by Gasteiger charge is -2.09. The Hall–Kier alpha value is -3.35. The van der Waals surface area contributed by atoms with Crippen molar-refractivity contribution in [1.82, 2.24) is 24.3 Å². The number of aryl methyl sites for hydroxylation is 1. The van der Waals surface area contributed by atoms with Crippen molar-refractivity contribution in [3.63, 3.8) is 0 Å². The van der Waals surface area contributed by atoms with Gasteiger partial charge in [-0.15, -0.1) is 0 Å². The minimum absolute atomic E-state index is 0.600. The fourth-order valence-corrected chi connectivity index (χ4v) is 3.03. The van der Waals surface area contributed by atoms with E-state index in [9.17, 15) is 0 Å². The van der Waals surface area contributed by atoms with Crippen molar-refractivity contribution in [1.29, 1.82) is 0 Å². The van der Waals surface area contributed by atoms with Crippen molar-refractivity contribution in [3.05, 3.63) is 60.4 Å². The third-order valence-electron chi connectivity index (χ3n) is 4.66. The second-order valence-corrected chi connectivity index (χ2v) is 6.65. The van der Waals surface area contributed by atoms with E-state index < -0.39 is 0 Å². The number of hydrogen-bond donors (Lipinski definition) is 2. The van der Waals surface area contributed by atoms with Crippen LogP contribution in [0.3, 0.4) is 0 Å². The molecule has 0 saturated carbocycles. The van der Waals surface area contributed by atoms with Crippen LogP contribution in [0.4, 0.5) is 5.82 Å². The molecule has 1 aromatic carbocycles. The van der Waals surface area contributed by atoms with Crippen molar-refractivity contribution in [2.45, 2.75) is 33.2 Å². The van der Waals surface area contributed by atoms with Gasteiger partial charge in [0.15, 0.2) is 0 Å². The Kier molecular flexibility index (Phi) is 5.23. The molecule has 0 atom stereocenters. The van der Waals surface area contributed by atoms with E-state index in [2.05, 4.69) is 27.2 Å². The van der Waals surface area contributed by atoms with Crippen molar-refractivity contribution < 1.29 is 4.74 Å². The number of imidazole rings is 2. The van der Waals surface area contributed by atoms with Crippen molar-refractivity contribution >= 4 is 11.6 Å². The molecule has 0 fully saturated rings. The number of anilines is 1. The molecule has 4 rings (SSSR count).